The van der Waals surface area contributed by atoms with Gasteiger partial charge in [0.25, 0.3) is 0 Å². The van der Waals surface area contributed by atoms with Gasteiger partial charge in [0.15, 0.2) is 5.78 Å². The average molecular weight is 493 g/mol. The molecule has 2 heterocycles. The summed E-state index contributed by atoms with van der Waals surface area (Å²) in [7, 11) is 1.54. The molecule has 2 amide bonds. The SMILES string of the molecule is CN1C(=O)N(c2cccc(C(F)(F)F)c2)C2=C(C(=O)CC2)C1c1ccc(C#N)cc1C1=CCOCC1. The number of halogens is 3. The van der Waals surface area contributed by atoms with Crippen LogP contribution in [0.5, 0.6) is 0 Å². The second-order valence-electron chi connectivity index (χ2n) is 8.93. The molecule has 0 spiro atoms. The van der Waals surface area contributed by atoms with Gasteiger partial charge in [-0.3, -0.25) is 9.69 Å². The number of benzene rings is 2. The van der Waals surface area contributed by atoms with Gasteiger partial charge in [-0.25, -0.2) is 4.79 Å². The van der Waals surface area contributed by atoms with E-state index >= 15 is 0 Å². The summed E-state index contributed by atoms with van der Waals surface area (Å²) in [5.74, 6) is -0.150. The Labute approximate surface area is 205 Å². The molecule has 0 aromatic heterocycles. The standard InChI is InChI=1S/C27H22F3N3O3/c1-32-25(20-6-5-16(15-31)13-21(20)17-9-11-36-12-10-17)24-22(7-8-23(24)34)33(26(32)35)19-4-2-3-18(14-19)27(28,29)30/h2-6,9,13-14,25H,7-8,10-12H2,1H3. The number of alkyl halides is 3. The smallest absolute Gasteiger partial charge is 0.377 e. The summed E-state index contributed by atoms with van der Waals surface area (Å²) in [4.78, 5) is 29.5. The number of urea groups is 1. The van der Waals surface area contributed by atoms with Crippen LogP contribution >= 0.6 is 0 Å². The molecule has 0 saturated carbocycles. The summed E-state index contributed by atoms with van der Waals surface area (Å²) in [5, 5.41) is 9.48. The molecule has 0 saturated heterocycles. The van der Waals surface area contributed by atoms with Crippen LogP contribution in [0.3, 0.4) is 0 Å². The first-order chi connectivity index (χ1) is 17.2. The number of nitriles is 1. The van der Waals surface area contributed by atoms with Gasteiger partial charge in [-0.2, -0.15) is 18.4 Å². The van der Waals surface area contributed by atoms with Crippen LogP contribution in [0.15, 0.2) is 59.8 Å². The number of allylic oxidation sites excluding steroid dienone is 1. The van der Waals surface area contributed by atoms with Crippen molar-refractivity contribution in [3.05, 3.63) is 82.1 Å². The van der Waals surface area contributed by atoms with Gasteiger partial charge in [0.05, 0.1) is 42.1 Å². The van der Waals surface area contributed by atoms with Crippen LogP contribution < -0.4 is 4.90 Å². The Balaban J connectivity index is 1.68. The quantitative estimate of drug-likeness (QED) is 0.557. The van der Waals surface area contributed by atoms with Crippen molar-refractivity contribution in [2.45, 2.75) is 31.5 Å². The summed E-state index contributed by atoms with van der Waals surface area (Å²) >= 11 is 0. The van der Waals surface area contributed by atoms with Gasteiger partial charge in [-0.15, -0.1) is 0 Å². The molecule has 0 N–H and O–H groups in total. The molecule has 3 aliphatic rings. The Morgan fingerprint density at radius 2 is 1.89 bits per heavy atom. The fraction of sp³-hybridized carbons (Fsp3) is 0.296. The number of likely N-dealkylation sites (N-methyl/N-ethyl adjacent to an activating group) is 1. The Morgan fingerprint density at radius 3 is 2.58 bits per heavy atom. The highest BCUT2D eigenvalue weighted by Crippen LogP contribution is 2.46. The van der Waals surface area contributed by atoms with Crippen molar-refractivity contribution in [2.24, 2.45) is 0 Å². The topological polar surface area (TPSA) is 73.6 Å². The van der Waals surface area contributed by atoms with Crippen LogP contribution in [0.4, 0.5) is 23.7 Å². The van der Waals surface area contributed by atoms with Crippen LogP contribution in [0.25, 0.3) is 5.57 Å². The van der Waals surface area contributed by atoms with E-state index < -0.39 is 23.8 Å². The van der Waals surface area contributed by atoms with Crippen molar-refractivity contribution in [2.75, 3.05) is 25.2 Å². The number of carbonyl (C=O) groups excluding carboxylic acids is 2. The first kappa shape index (κ1) is 23.8. The van der Waals surface area contributed by atoms with Crippen molar-refractivity contribution in [1.82, 2.24) is 4.90 Å². The lowest BCUT2D eigenvalue weighted by Crippen LogP contribution is -2.48. The lowest BCUT2D eigenvalue weighted by atomic mass is 9.85. The van der Waals surface area contributed by atoms with Gasteiger partial charge in [0, 0.05) is 24.7 Å². The van der Waals surface area contributed by atoms with E-state index in [1.165, 1.54) is 21.9 Å². The normalized spacial score (nSPS) is 20.4. The predicted molar refractivity (Wildman–Crippen MR) is 126 cm³/mol. The molecule has 0 fully saturated rings. The largest absolute Gasteiger partial charge is 0.416 e. The van der Waals surface area contributed by atoms with E-state index in [1.807, 2.05) is 6.08 Å². The number of ether oxygens (including phenoxy) is 1. The molecule has 2 aliphatic heterocycles. The van der Waals surface area contributed by atoms with Crippen molar-refractivity contribution in [3.8, 4) is 6.07 Å². The summed E-state index contributed by atoms with van der Waals surface area (Å²) in [5.41, 5.74) is 2.88. The molecule has 0 bridgehead atoms. The third-order valence-electron chi connectivity index (χ3n) is 6.84. The number of anilines is 1. The van der Waals surface area contributed by atoms with Crippen LogP contribution in [-0.4, -0.2) is 37.0 Å². The highest BCUT2D eigenvalue weighted by Gasteiger charge is 2.45. The monoisotopic (exact) mass is 493 g/mol. The summed E-state index contributed by atoms with van der Waals surface area (Å²) in [6.07, 6.45) is -1.61. The number of nitrogens with zero attached hydrogens (tertiary/aromatic N) is 3. The number of hydrogen-bond acceptors (Lipinski definition) is 4. The first-order valence-electron chi connectivity index (χ1n) is 11.5. The Bertz CT molecular complexity index is 1370. The third-order valence-corrected chi connectivity index (χ3v) is 6.84. The van der Waals surface area contributed by atoms with Crippen LogP contribution in [-0.2, 0) is 15.7 Å². The Hall–Kier alpha value is -3.90. The van der Waals surface area contributed by atoms with E-state index in [0.717, 1.165) is 23.3 Å². The van der Waals surface area contributed by atoms with Crippen LogP contribution in [0, 0.1) is 11.3 Å². The van der Waals surface area contributed by atoms with E-state index in [4.69, 9.17) is 4.74 Å². The van der Waals surface area contributed by atoms with Gasteiger partial charge in [0.1, 0.15) is 0 Å². The van der Waals surface area contributed by atoms with Gasteiger partial charge in [-0.05, 0) is 59.9 Å². The lowest BCUT2D eigenvalue weighted by Gasteiger charge is -2.41. The molecule has 6 nitrogen and oxygen atoms in total. The van der Waals surface area contributed by atoms with Gasteiger partial charge < -0.3 is 9.64 Å². The van der Waals surface area contributed by atoms with Crippen molar-refractivity contribution >= 4 is 23.1 Å². The van der Waals surface area contributed by atoms with Crippen molar-refractivity contribution < 1.29 is 27.5 Å². The number of Topliss-reactive ketones (excluding diaryl/α,β-unsaturated/α-hetero) is 1. The molecule has 2 aromatic rings. The Morgan fingerprint density at radius 1 is 1.08 bits per heavy atom. The van der Waals surface area contributed by atoms with Crippen molar-refractivity contribution in [1.29, 1.82) is 5.26 Å². The molecule has 184 valence electrons. The van der Waals surface area contributed by atoms with E-state index in [-0.39, 0.29) is 24.3 Å². The average Bonchev–Trinajstić information content (AvgIpc) is 3.25. The highest BCUT2D eigenvalue weighted by atomic mass is 19.4. The lowest BCUT2D eigenvalue weighted by molar-refractivity contribution is -0.137. The molecule has 1 atom stereocenters. The van der Waals surface area contributed by atoms with Gasteiger partial charge in [-0.1, -0.05) is 18.2 Å². The number of hydrogen-bond donors (Lipinski definition) is 0. The molecule has 0 radical (unpaired) electrons. The molecular weight excluding hydrogens is 471 g/mol. The molecule has 9 heteroatoms. The van der Waals surface area contributed by atoms with Gasteiger partial charge in [0.2, 0.25) is 0 Å². The maximum atomic E-state index is 13.7. The van der Waals surface area contributed by atoms with E-state index in [9.17, 15) is 28.0 Å². The summed E-state index contributed by atoms with van der Waals surface area (Å²) in [6, 6.07) is 10.6. The van der Waals surface area contributed by atoms with Crippen LogP contribution in [0.2, 0.25) is 0 Å². The summed E-state index contributed by atoms with van der Waals surface area (Å²) < 4.78 is 45.6. The van der Waals surface area contributed by atoms with E-state index in [2.05, 4.69) is 6.07 Å². The zero-order valence-corrected chi connectivity index (χ0v) is 19.4. The minimum atomic E-state index is -4.57. The fourth-order valence-corrected chi connectivity index (χ4v) is 5.15. The predicted octanol–water partition coefficient (Wildman–Crippen LogP) is 5.61. The zero-order valence-electron chi connectivity index (χ0n) is 19.4. The second kappa shape index (κ2) is 8.95. The number of carbonyl (C=O) groups is 2. The first-order valence-corrected chi connectivity index (χ1v) is 11.5. The summed E-state index contributed by atoms with van der Waals surface area (Å²) in [6.45, 7) is 0.929. The van der Waals surface area contributed by atoms with Gasteiger partial charge >= 0.3 is 12.2 Å². The molecule has 2 aromatic carbocycles. The highest BCUT2D eigenvalue weighted by molar-refractivity contribution is 6.08. The minimum Gasteiger partial charge on any atom is -0.377 e. The Kier molecular flexibility index (Phi) is 5.92. The number of ketones is 1. The maximum Gasteiger partial charge on any atom is 0.416 e. The molecule has 5 rings (SSSR count). The second-order valence-corrected chi connectivity index (χ2v) is 8.93. The number of amides is 2. The fourth-order valence-electron chi connectivity index (χ4n) is 5.15. The molecule has 1 unspecified atom stereocenters. The third kappa shape index (κ3) is 3.97. The number of rotatable bonds is 3. The van der Waals surface area contributed by atoms with E-state index in [0.29, 0.717) is 42.0 Å². The maximum absolute atomic E-state index is 13.7. The zero-order chi connectivity index (χ0) is 25.6. The van der Waals surface area contributed by atoms with Crippen LogP contribution in [0.1, 0.15) is 47.6 Å². The van der Waals surface area contributed by atoms with Crippen molar-refractivity contribution in [3.63, 3.8) is 0 Å². The molecule has 36 heavy (non-hydrogen) atoms. The van der Waals surface area contributed by atoms with E-state index in [1.54, 1.807) is 25.2 Å². The minimum absolute atomic E-state index is 0.0644. The molecular formula is C27H22F3N3O3. The molecule has 1 aliphatic carbocycles.